The van der Waals surface area contributed by atoms with Crippen LogP contribution in [0.4, 0.5) is 5.69 Å². The van der Waals surface area contributed by atoms with E-state index in [0.717, 1.165) is 4.31 Å². The van der Waals surface area contributed by atoms with Crippen molar-refractivity contribution in [3.63, 3.8) is 0 Å². The molecular formula is C29H32Cl3N3O5S. The average Bonchev–Trinajstić information content (AvgIpc) is 2.96. The third-order valence-electron chi connectivity index (χ3n) is 6.29. The standard InChI is InChI=1S/C29H32Cl3N3O5S/c1-4-15-33-29(37)27(5-2)34(18-20-9-14-25(31)26(32)16-20)28(36)19-35(22-8-6-7-21(30)17-22)41(38,39)24-12-10-23(40-3)11-13-24/h6-14,16-17,27H,4-5,15,18-19H2,1-3H3,(H,33,37)/t27-/m0/s1. The van der Waals surface area contributed by atoms with E-state index in [1.165, 1.54) is 42.3 Å². The minimum atomic E-state index is -4.24. The summed E-state index contributed by atoms with van der Waals surface area (Å²) in [5, 5.41) is 3.78. The molecule has 3 rings (SSSR count). The summed E-state index contributed by atoms with van der Waals surface area (Å²) in [6, 6.07) is 16.1. The highest BCUT2D eigenvalue weighted by Crippen LogP contribution is 2.29. The number of benzene rings is 3. The van der Waals surface area contributed by atoms with Crippen LogP contribution in [-0.2, 0) is 26.2 Å². The molecule has 3 aromatic carbocycles. The molecule has 1 atom stereocenters. The predicted octanol–water partition coefficient (Wildman–Crippen LogP) is 6.18. The molecule has 1 N–H and O–H groups in total. The summed E-state index contributed by atoms with van der Waals surface area (Å²) in [5.41, 5.74) is 0.821. The van der Waals surface area contributed by atoms with Crippen molar-refractivity contribution in [3.05, 3.63) is 87.4 Å². The van der Waals surface area contributed by atoms with E-state index < -0.39 is 28.5 Å². The lowest BCUT2D eigenvalue weighted by molar-refractivity contribution is -0.140. The van der Waals surface area contributed by atoms with Crippen LogP contribution in [0.15, 0.2) is 71.6 Å². The molecule has 3 aromatic rings. The van der Waals surface area contributed by atoms with Gasteiger partial charge in [-0.25, -0.2) is 8.42 Å². The van der Waals surface area contributed by atoms with Crippen molar-refractivity contribution in [2.24, 2.45) is 0 Å². The molecule has 0 radical (unpaired) electrons. The number of rotatable bonds is 13. The van der Waals surface area contributed by atoms with E-state index in [1.54, 1.807) is 43.3 Å². The molecule has 0 saturated heterocycles. The summed E-state index contributed by atoms with van der Waals surface area (Å²) in [7, 11) is -2.77. The normalized spacial score (nSPS) is 12.0. The van der Waals surface area contributed by atoms with E-state index in [1.807, 2.05) is 6.92 Å². The summed E-state index contributed by atoms with van der Waals surface area (Å²) in [5.74, 6) is -0.451. The van der Waals surface area contributed by atoms with E-state index in [0.29, 0.717) is 45.8 Å². The average molecular weight is 641 g/mol. The highest BCUT2D eigenvalue weighted by atomic mass is 35.5. The molecular weight excluding hydrogens is 609 g/mol. The fraction of sp³-hybridized carbons (Fsp3) is 0.310. The second kappa shape index (κ2) is 14.8. The summed E-state index contributed by atoms with van der Waals surface area (Å²) in [4.78, 5) is 28.5. The van der Waals surface area contributed by atoms with Gasteiger partial charge >= 0.3 is 0 Å². The van der Waals surface area contributed by atoms with Crippen LogP contribution in [0.25, 0.3) is 0 Å². The van der Waals surface area contributed by atoms with Gasteiger partial charge in [-0.15, -0.1) is 0 Å². The number of hydrogen-bond donors (Lipinski definition) is 1. The molecule has 0 bridgehead atoms. The maximum absolute atomic E-state index is 14.1. The monoisotopic (exact) mass is 639 g/mol. The van der Waals surface area contributed by atoms with E-state index in [2.05, 4.69) is 5.32 Å². The zero-order valence-corrected chi connectivity index (χ0v) is 26.0. The van der Waals surface area contributed by atoms with Crippen molar-refractivity contribution in [2.75, 3.05) is 24.5 Å². The first-order chi connectivity index (χ1) is 19.5. The van der Waals surface area contributed by atoms with Gasteiger partial charge in [0.1, 0.15) is 18.3 Å². The van der Waals surface area contributed by atoms with E-state index in [4.69, 9.17) is 39.5 Å². The van der Waals surface area contributed by atoms with Gasteiger partial charge in [-0.2, -0.15) is 0 Å². The molecule has 12 heteroatoms. The smallest absolute Gasteiger partial charge is 0.264 e. The number of ether oxygens (including phenoxy) is 1. The van der Waals surface area contributed by atoms with Gasteiger partial charge in [0.2, 0.25) is 11.8 Å². The Morgan fingerprint density at radius 3 is 2.24 bits per heavy atom. The summed E-state index contributed by atoms with van der Waals surface area (Å²) in [6.45, 7) is 3.55. The fourth-order valence-electron chi connectivity index (χ4n) is 4.16. The maximum atomic E-state index is 14.1. The van der Waals surface area contributed by atoms with Crippen LogP contribution in [-0.4, -0.2) is 51.4 Å². The molecule has 8 nitrogen and oxygen atoms in total. The van der Waals surface area contributed by atoms with Gasteiger partial charge in [0.25, 0.3) is 10.0 Å². The number of halogens is 3. The SMILES string of the molecule is CCCNC(=O)[C@H](CC)N(Cc1ccc(Cl)c(Cl)c1)C(=O)CN(c1cccc(Cl)c1)S(=O)(=O)c1ccc(OC)cc1. The van der Waals surface area contributed by atoms with Crippen molar-refractivity contribution in [3.8, 4) is 5.75 Å². The van der Waals surface area contributed by atoms with Crippen molar-refractivity contribution in [1.29, 1.82) is 0 Å². The van der Waals surface area contributed by atoms with Gasteiger partial charge in [0.05, 0.1) is 27.7 Å². The molecule has 0 aromatic heterocycles. The highest BCUT2D eigenvalue weighted by molar-refractivity contribution is 7.92. The number of hydrogen-bond acceptors (Lipinski definition) is 5. The number of nitrogens with zero attached hydrogens (tertiary/aromatic N) is 2. The number of methoxy groups -OCH3 is 1. The van der Waals surface area contributed by atoms with Crippen LogP contribution in [0, 0.1) is 0 Å². The lowest BCUT2D eigenvalue weighted by Gasteiger charge is -2.33. The van der Waals surface area contributed by atoms with Crippen LogP contribution in [0.1, 0.15) is 32.3 Å². The highest BCUT2D eigenvalue weighted by Gasteiger charge is 2.33. The van der Waals surface area contributed by atoms with Crippen molar-refractivity contribution >= 4 is 62.3 Å². The van der Waals surface area contributed by atoms with Crippen molar-refractivity contribution < 1.29 is 22.7 Å². The van der Waals surface area contributed by atoms with E-state index >= 15 is 0 Å². The summed E-state index contributed by atoms with van der Waals surface area (Å²) < 4.78 is 34.0. The number of carbonyl (C=O) groups is 2. The molecule has 220 valence electrons. The van der Waals surface area contributed by atoms with E-state index in [-0.39, 0.29) is 23.0 Å². The Labute approximate surface area is 256 Å². The number of nitrogens with one attached hydrogen (secondary N) is 1. The second-order valence-electron chi connectivity index (χ2n) is 9.15. The second-order valence-corrected chi connectivity index (χ2v) is 12.3. The van der Waals surface area contributed by atoms with Crippen LogP contribution < -0.4 is 14.4 Å². The topological polar surface area (TPSA) is 96.0 Å². The molecule has 0 spiro atoms. The zero-order chi connectivity index (χ0) is 30.2. The lowest BCUT2D eigenvalue weighted by Crippen LogP contribution is -2.52. The number of amides is 2. The Balaban J connectivity index is 2.07. The first-order valence-corrected chi connectivity index (χ1v) is 15.5. The predicted molar refractivity (Wildman–Crippen MR) is 163 cm³/mol. The van der Waals surface area contributed by atoms with Gasteiger partial charge in [-0.3, -0.25) is 13.9 Å². The molecule has 0 aliphatic heterocycles. The Bertz CT molecular complexity index is 1470. The first-order valence-electron chi connectivity index (χ1n) is 12.9. The van der Waals surface area contributed by atoms with Crippen molar-refractivity contribution in [1.82, 2.24) is 10.2 Å². The third kappa shape index (κ3) is 8.29. The van der Waals surface area contributed by atoms with Crippen molar-refractivity contribution in [2.45, 2.75) is 44.2 Å². The molecule has 41 heavy (non-hydrogen) atoms. The van der Waals surface area contributed by atoms with Gasteiger partial charge in [-0.1, -0.05) is 60.8 Å². The molecule has 0 aliphatic rings. The molecule has 0 unspecified atom stereocenters. The Morgan fingerprint density at radius 2 is 1.66 bits per heavy atom. The number of sulfonamides is 1. The third-order valence-corrected chi connectivity index (χ3v) is 9.06. The lowest BCUT2D eigenvalue weighted by atomic mass is 10.1. The molecule has 0 fully saturated rings. The minimum Gasteiger partial charge on any atom is -0.497 e. The van der Waals surface area contributed by atoms with Crippen LogP contribution in [0.2, 0.25) is 15.1 Å². The Kier molecular flexibility index (Phi) is 11.7. The molecule has 0 saturated carbocycles. The minimum absolute atomic E-state index is 0.000255. The van der Waals surface area contributed by atoms with Gasteiger partial charge in [0, 0.05) is 18.1 Å². The largest absolute Gasteiger partial charge is 0.497 e. The van der Waals surface area contributed by atoms with Gasteiger partial charge < -0.3 is 15.0 Å². The first kappa shape index (κ1) is 32.5. The fourth-order valence-corrected chi connectivity index (χ4v) is 6.07. The molecule has 2 amide bonds. The summed E-state index contributed by atoms with van der Waals surface area (Å²) in [6.07, 6.45) is 1.01. The molecule has 0 aliphatic carbocycles. The number of anilines is 1. The van der Waals surface area contributed by atoms with Gasteiger partial charge in [-0.05, 0) is 73.0 Å². The van der Waals surface area contributed by atoms with Crippen LogP contribution >= 0.6 is 34.8 Å². The Morgan fingerprint density at radius 1 is 0.951 bits per heavy atom. The van der Waals surface area contributed by atoms with Crippen LogP contribution in [0.5, 0.6) is 5.75 Å². The quantitative estimate of drug-likeness (QED) is 0.241. The summed E-state index contributed by atoms with van der Waals surface area (Å²) >= 11 is 18.5. The molecule has 0 heterocycles. The van der Waals surface area contributed by atoms with Gasteiger partial charge in [0.15, 0.2) is 0 Å². The maximum Gasteiger partial charge on any atom is 0.264 e. The number of carbonyl (C=O) groups excluding carboxylic acids is 2. The Hall–Kier alpha value is -2.98. The van der Waals surface area contributed by atoms with E-state index in [9.17, 15) is 18.0 Å². The zero-order valence-electron chi connectivity index (χ0n) is 22.9. The van der Waals surface area contributed by atoms with Crippen LogP contribution in [0.3, 0.4) is 0 Å².